The molecule has 0 aromatic heterocycles. The fourth-order valence-corrected chi connectivity index (χ4v) is 3.60. The van der Waals surface area contributed by atoms with Crippen LogP contribution in [0.5, 0.6) is 0 Å². The Kier molecular flexibility index (Phi) is 4.51. The lowest BCUT2D eigenvalue weighted by molar-refractivity contribution is -0.136. The minimum absolute atomic E-state index is 0.126. The van der Waals surface area contributed by atoms with Crippen molar-refractivity contribution >= 4 is 22.1 Å². The van der Waals surface area contributed by atoms with E-state index in [-0.39, 0.29) is 11.3 Å². The number of carbonyl (C=O) groups is 1. The van der Waals surface area contributed by atoms with E-state index in [1.165, 1.54) is 12.1 Å². The lowest BCUT2D eigenvalue weighted by atomic mass is 10.1. The number of carbonyl (C=O) groups excluding carboxylic acids is 1. The van der Waals surface area contributed by atoms with E-state index >= 15 is 0 Å². The van der Waals surface area contributed by atoms with Gasteiger partial charge in [0.1, 0.15) is 11.8 Å². The Balaban J connectivity index is 1.75. The summed E-state index contributed by atoms with van der Waals surface area (Å²) in [7, 11) is -3.77. The van der Waals surface area contributed by atoms with Gasteiger partial charge in [0, 0.05) is 6.42 Å². The van der Waals surface area contributed by atoms with E-state index in [9.17, 15) is 13.2 Å². The molecule has 0 radical (unpaired) electrons. The van der Waals surface area contributed by atoms with Crippen LogP contribution in [0.3, 0.4) is 0 Å². The second kappa shape index (κ2) is 6.59. The Hall–Kier alpha value is -2.44. The van der Waals surface area contributed by atoms with Gasteiger partial charge in [-0.25, -0.2) is 13.2 Å². The Labute approximate surface area is 141 Å². The van der Waals surface area contributed by atoms with Crippen molar-refractivity contribution in [3.8, 4) is 0 Å². The first-order chi connectivity index (χ1) is 11.4. The van der Waals surface area contributed by atoms with Gasteiger partial charge in [0.2, 0.25) is 10.0 Å². The lowest BCUT2D eigenvalue weighted by Gasteiger charge is -2.09. The molecule has 0 amide bonds. The van der Waals surface area contributed by atoms with E-state index in [4.69, 9.17) is 4.74 Å². The molecule has 5 nitrogen and oxygen atoms in total. The predicted molar refractivity (Wildman–Crippen MR) is 90.4 cm³/mol. The summed E-state index contributed by atoms with van der Waals surface area (Å²) in [5, 5.41) is 0. The van der Waals surface area contributed by atoms with Gasteiger partial charge in [-0.3, -0.25) is 0 Å². The standard InChI is InChI=1S/C18H17NO4S/c1-13-7-9-16(10-8-13)24(21,22)19-17-12-15(23-18(17)20)11-14-5-3-2-4-6-14/h2-11,17,19H,12H2,1H3/b15-11-/t17-/m1/s1. The largest absolute Gasteiger partial charge is 0.430 e. The third kappa shape index (κ3) is 3.72. The third-order valence-corrected chi connectivity index (χ3v) is 5.17. The number of rotatable bonds is 4. The molecule has 1 aliphatic rings. The number of cyclic esters (lactones) is 1. The van der Waals surface area contributed by atoms with Crippen LogP contribution < -0.4 is 4.72 Å². The number of ether oxygens (including phenoxy) is 1. The van der Waals surface area contributed by atoms with Gasteiger partial charge in [-0.1, -0.05) is 48.0 Å². The van der Waals surface area contributed by atoms with Crippen molar-refractivity contribution in [1.82, 2.24) is 4.72 Å². The summed E-state index contributed by atoms with van der Waals surface area (Å²) < 4.78 is 32.3. The summed E-state index contributed by atoms with van der Waals surface area (Å²) in [5.74, 6) is -0.143. The van der Waals surface area contributed by atoms with E-state index in [0.29, 0.717) is 5.76 Å². The van der Waals surface area contributed by atoms with Crippen LogP contribution in [0.25, 0.3) is 6.08 Å². The fraction of sp³-hybridized carbons (Fsp3) is 0.167. The van der Waals surface area contributed by atoms with Crippen LogP contribution in [-0.2, 0) is 19.6 Å². The predicted octanol–water partition coefficient (Wildman–Crippen LogP) is 2.63. The Morgan fingerprint density at radius 3 is 2.42 bits per heavy atom. The minimum atomic E-state index is -3.77. The summed E-state index contributed by atoms with van der Waals surface area (Å²) >= 11 is 0. The van der Waals surface area contributed by atoms with Crippen molar-refractivity contribution in [2.24, 2.45) is 0 Å². The highest BCUT2D eigenvalue weighted by Gasteiger charge is 2.34. The van der Waals surface area contributed by atoms with Crippen LogP contribution in [0.2, 0.25) is 0 Å². The van der Waals surface area contributed by atoms with Crippen LogP contribution in [-0.4, -0.2) is 20.4 Å². The van der Waals surface area contributed by atoms with E-state index < -0.39 is 22.0 Å². The number of sulfonamides is 1. The summed E-state index contributed by atoms with van der Waals surface area (Å²) in [4.78, 5) is 12.1. The monoisotopic (exact) mass is 343 g/mol. The smallest absolute Gasteiger partial charge is 0.329 e. The molecule has 1 aliphatic heterocycles. The third-order valence-electron chi connectivity index (χ3n) is 3.68. The van der Waals surface area contributed by atoms with Gasteiger partial charge < -0.3 is 4.74 Å². The summed E-state index contributed by atoms with van der Waals surface area (Å²) in [6.45, 7) is 1.87. The van der Waals surface area contributed by atoms with Crippen molar-refractivity contribution in [2.75, 3.05) is 0 Å². The Bertz CT molecular complexity index is 871. The molecule has 0 spiro atoms. The second-order valence-corrected chi connectivity index (χ2v) is 7.35. The number of benzene rings is 2. The average molecular weight is 343 g/mol. The quantitative estimate of drug-likeness (QED) is 0.866. The summed E-state index contributed by atoms with van der Waals surface area (Å²) in [5.41, 5.74) is 1.85. The SMILES string of the molecule is Cc1ccc(S(=O)(=O)N[C@@H]2C/C(=C/c3ccccc3)OC2=O)cc1. The molecule has 1 N–H and O–H groups in total. The topological polar surface area (TPSA) is 72.5 Å². The van der Waals surface area contributed by atoms with E-state index in [1.807, 2.05) is 37.3 Å². The van der Waals surface area contributed by atoms with Crippen LogP contribution in [0.1, 0.15) is 17.5 Å². The molecule has 2 aromatic rings. The van der Waals surface area contributed by atoms with Crippen molar-refractivity contribution in [3.05, 3.63) is 71.5 Å². The average Bonchev–Trinajstić information content (AvgIpc) is 2.87. The van der Waals surface area contributed by atoms with Crippen LogP contribution in [0, 0.1) is 6.92 Å². The zero-order valence-corrected chi connectivity index (χ0v) is 13.9. The highest BCUT2D eigenvalue weighted by atomic mass is 32.2. The number of aryl methyl sites for hydroxylation is 1. The first kappa shape index (κ1) is 16.4. The van der Waals surface area contributed by atoms with Gasteiger partial charge in [-0.15, -0.1) is 0 Å². The van der Waals surface area contributed by atoms with Gasteiger partial charge in [0.15, 0.2) is 0 Å². The van der Waals surface area contributed by atoms with Crippen LogP contribution in [0.4, 0.5) is 0 Å². The first-order valence-corrected chi connectivity index (χ1v) is 8.99. The Morgan fingerprint density at radius 2 is 1.75 bits per heavy atom. The minimum Gasteiger partial charge on any atom is -0.430 e. The molecule has 1 atom stereocenters. The van der Waals surface area contributed by atoms with Gasteiger partial charge in [-0.05, 0) is 30.7 Å². The molecule has 1 saturated heterocycles. The zero-order chi connectivity index (χ0) is 17.2. The van der Waals surface area contributed by atoms with Crippen molar-refractivity contribution < 1.29 is 17.9 Å². The maximum absolute atomic E-state index is 12.4. The van der Waals surface area contributed by atoms with E-state index in [0.717, 1.165) is 11.1 Å². The number of esters is 1. The zero-order valence-electron chi connectivity index (χ0n) is 13.1. The molecule has 124 valence electrons. The van der Waals surface area contributed by atoms with Crippen LogP contribution >= 0.6 is 0 Å². The number of hydrogen-bond donors (Lipinski definition) is 1. The summed E-state index contributed by atoms with van der Waals surface area (Å²) in [6.07, 6.45) is 1.93. The van der Waals surface area contributed by atoms with Crippen LogP contribution in [0.15, 0.2) is 65.3 Å². The van der Waals surface area contributed by atoms with Gasteiger partial charge in [-0.2, -0.15) is 4.72 Å². The molecule has 3 rings (SSSR count). The first-order valence-electron chi connectivity index (χ1n) is 7.50. The second-order valence-electron chi connectivity index (χ2n) is 5.63. The maximum atomic E-state index is 12.4. The molecule has 1 fully saturated rings. The molecule has 0 aliphatic carbocycles. The molecule has 6 heteroatoms. The molecule has 0 bridgehead atoms. The van der Waals surface area contributed by atoms with Gasteiger partial charge in [0.25, 0.3) is 0 Å². The van der Waals surface area contributed by atoms with Crippen molar-refractivity contribution in [3.63, 3.8) is 0 Å². The van der Waals surface area contributed by atoms with Crippen molar-refractivity contribution in [1.29, 1.82) is 0 Å². The van der Waals surface area contributed by atoms with Gasteiger partial charge >= 0.3 is 5.97 Å². The highest BCUT2D eigenvalue weighted by molar-refractivity contribution is 7.89. The Morgan fingerprint density at radius 1 is 1.08 bits per heavy atom. The molecular formula is C18H17NO4S. The molecule has 2 aromatic carbocycles. The fourth-order valence-electron chi connectivity index (χ4n) is 2.41. The summed E-state index contributed by atoms with van der Waals surface area (Å²) in [6, 6.07) is 14.9. The molecular weight excluding hydrogens is 326 g/mol. The normalized spacial score (nSPS) is 19.5. The maximum Gasteiger partial charge on any atom is 0.329 e. The molecule has 24 heavy (non-hydrogen) atoms. The van der Waals surface area contributed by atoms with E-state index in [1.54, 1.807) is 18.2 Å². The van der Waals surface area contributed by atoms with E-state index in [2.05, 4.69) is 4.72 Å². The molecule has 0 saturated carbocycles. The highest BCUT2D eigenvalue weighted by Crippen LogP contribution is 2.23. The number of hydrogen-bond acceptors (Lipinski definition) is 4. The molecule has 0 unspecified atom stereocenters. The van der Waals surface area contributed by atoms with Crippen molar-refractivity contribution in [2.45, 2.75) is 24.3 Å². The molecule has 1 heterocycles. The number of nitrogens with one attached hydrogen (secondary N) is 1. The lowest BCUT2D eigenvalue weighted by Crippen LogP contribution is -2.37. The van der Waals surface area contributed by atoms with Gasteiger partial charge in [0.05, 0.1) is 4.90 Å².